The maximum atomic E-state index is 11.4. The van der Waals surface area contributed by atoms with Gasteiger partial charge in [0.25, 0.3) is 5.91 Å². The monoisotopic (exact) mass is 326 g/mol. The van der Waals surface area contributed by atoms with Crippen LogP contribution in [0, 0.1) is 18.8 Å². The summed E-state index contributed by atoms with van der Waals surface area (Å²) in [5.41, 5.74) is 8.32. The van der Waals surface area contributed by atoms with Crippen molar-refractivity contribution in [3.8, 4) is 0 Å². The number of carbonyl (C=O) groups excluding carboxylic acids is 1. The van der Waals surface area contributed by atoms with E-state index < -0.39 is 5.91 Å². The zero-order valence-corrected chi connectivity index (χ0v) is 13.8. The van der Waals surface area contributed by atoms with Crippen molar-refractivity contribution in [2.45, 2.75) is 32.6 Å². The van der Waals surface area contributed by atoms with Gasteiger partial charge in [-0.25, -0.2) is 9.97 Å². The van der Waals surface area contributed by atoms with E-state index in [9.17, 15) is 4.79 Å². The van der Waals surface area contributed by atoms with Crippen LogP contribution in [0.1, 0.15) is 46.6 Å². The average molecular weight is 326 g/mol. The summed E-state index contributed by atoms with van der Waals surface area (Å²) in [6, 6.07) is 0. The van der Waals surface area contributed by atoms with Gasteiger partial charge in [-0.05, 0) is 37.2 Å². The molecule has 2 aromatic heterocycles. The van der Waals surface area contributed by atoms with E-state index in [0.717, 1.165) is 42.1 Å². The summed E-state index contributed by atoms with van der Waals surface area (Å²) in [6.07, 6.45) is 7.93. The number of primary amides is 1. The lowest BCUT2D eigenvalue weighted by atomic mass is 10.0. The van der Waals surface area contributed by atoms with Crippen LogP contribution in [-0.4, -0.2) is 39.2 Å². The van der Waals surface area contributed by atoms with Crippen LogP contribution in [0.25, 0.3) is 0 Å². The van der Waals surface area contributed by atoms with Crippen LogP contribution < -0.4 is 10.6 Å². The summed E-state index contributed by atoms with van der Waals surface area (Å²) in [7, 11) is 0. The lowest BCUT2D eigenvalue weighted by molar-refractivity contribution is 0.0999. The van der Waals surface area contributed by atoms with Crippen LogP contribution in [0.5, 0.6) is 0 Å². The second kappa shape index (κ2) is 5.89. The molecule has 0 radical (unpaired) electrons. The fourth-order valence-electron chi connectivity index (χ4n) is 4.05. The van der Waals surface area contributed by atoms with Gasteiger partial charge in [-0.1, -0.05) is 6.42 Å². The van der Waals surface area contributed by atoms with Gasteiger partial charge in [0.2, 0.25) is 5.95 Å². The van der Waals surface area contributed by atoms with Crippen molar-refractivity contribution in [3.05, 3.63) is 34.9 Å². The Hall–Kier alpha value is -2.44. The molecule has 2 aliphatic rings. The largest absolute Gasteiger partial charge is 0.365 e. The van der Waals surface area contributed by atoms with Crippen LogP contribution in [0.15, 0.2) is 12.4 Å². The molecule has 2 atom stereocenters. The van der Waals surface area contributed by atoms with Gasteiger partial charge in [-0.15, -0.1) is 0 Å². The Bertz CT molecular complexity index is 758. The lowest BCUT2D eigenvalue weighted by Crippen LogP contribution is -2.23. The molecule has 7 heteroatoms. The first-order valence-corrected chi connectivity index (χ1v) is 8.51. The number of rotatable bonds is 4. The number of fused-ring (bicyclic) bond motifs is 1. The summed E-state index contributed by atoms with van der Waals surface area (Å²) in [6.45, 7) is 4.14. The number of aromatic nitrogens is 4. The van der Waals surface area contributed by atoms with Crippen molar-refractivity contribution in [1.82, 2.24) is 20.2 Å². The molecule has 0 bridgehead atoms. The van der Waals surface area contributed by atoms with Gasteiger partial charge in [0, 0.05) is 37.6 Å². The van der Waals surface area contributed by atoms with Gasteiger partial charge in [0.15, 0.2) is 0 Å². The van der Waals surface area contributed by atoms with E-state index in [0.29, 0.717) is 17.7 Å². The highest BCUT2D eigenvalue weighted by atomic mass is 16.1. The van der Waals surface area contributed by atoms with Crippen molar-refractivity contribution in [3.63, 3.8) is 0 Å². The zero-order chi connectivity index (χ0) is 16.7. The van der Waals surface area contributed by atoms with Gasteiger partial charge < -0.3 is 10.6 Å². The molecule has 24 heavy (non-hydrogen) atoms. The first-order valence-electron chi connectivity index (χ1n) is 8.51. The second-order valence-corrected chi connectivity index (χ2v) is 6.92. The number of anilines is 1. The van der Waals surface area contributed by atoms with E-state index in [4.69, 9.17) is 10.7 Å². The maximum Gasteiger partial charge on any atom is 0.252 e. The number of nitrogens with two attached hydrogens (primary N) is 1. The minimum atomic E-state index is -0.474. The lowest BCUT2D eigenvalue weighted by Gasteiger charge is -2.18. The Kier molecular flexibility index (Phi) is 3.70. The summed E-state index contributed by atoms with van der Waals surface area (Å²) < 4.78 is 0. The average Bonchev–Trinajstić information content (AvgIpc) is 3.23. The van der Waals surface area contributed by atoms with Crippen LogP contribution in [0.4, 0.5) is 5.95 Å². The van der Waals surface area contributed by atoms with E-state index in [-0.39, 0.29) is 0 Å². The zero-order valence-electron chi connectivity index (χ0n) is 13.8. The Morgan fingerprint density at radius 2 is 2.12 bits per heavy atom. The van der Waals surface area contributed by atoms with Crippen molar-refractivity contribution >= 4 is 11.9 Å². The third kappa shape index (κ3) is 2.64. The normalized spacial score (nSPS) is 22.8. The number of hydrogen-bond acceptors (Lipinski definition) is 5. The first kappa shape index (κ1) is 15.1. The molecular weight excluding hydrogens is 304 g/mol. The molecule has 3 heterocycles. The Balaban J connectivity index is 1.52. The Morgan fingerprint density at radius 1 is 1.38 bits per heavy atom. The number of hydrogen-bond donors (Lipinski definition) is 2. The maximum absolute atomic E-state index is 11.4. The van der Waals surface area contributed by atoms with Crippen LogP contribution in [-0.2, 0) is 6.42 Å². The molecular formula is C17H22N6O. The van der Waals surface area contributed by atoms with Gasteiger partial charge >= 0.3 is 0 Å². The van der Waals surface area contributed by atoms with E-state index in [1.807, 2.05) is 13.1 Å². The highest BCUT2D eigenvalue weighted by molar-refractivity contribution is 5.93. The number of amides is 1. The summed E-state index contributed by atoms with van der Waals surface area (Å²) in [5.74, 6) is 1.98. The predicted molar refractivity (Wildman–Crippen MR) is 89.7 cm³/mol. The van der Waals surface area contributed by atoms with E-state index in [1.165, 1.54) is 25.5 Å². The van der Waals surface area contributed by atoms with Crippen LogP contribution in [0.3, 0.4) is 0 Å². The van der Waals surface area contributed by atoms with Crippen LogP contribution >= 0.6 is 0 Å². The number of H-pyrrole nitrogens is 1. The smallest absolute Gasteiger partial charge is 0.252 e. The molecule has 3 N–H and O–H groups in total. The molecule has 2 unspecified atom stereocenters. The summed E-state index contributed by atoms with van der Waals surface area (Å²) in [4.78, 5) is 23.0. The molecule has 1 aliphatic carbocycles. The van der Waals surface area contributed by atoms with Gasteiger partial charge in [-0.2, -0.15) is 5.10 Å². The molecule has 2 aromatic rings. The number of aryl methyl sites for hydroxylation is 1. The molecule has 126 valence electrons. The number of nitrogens with one attached hydrogen (secondary N) is 1. The highest BCUT2D eigenvalue weighted by Crippen LogP contribution is 2.38. The minimum absolute atomic E-state index is 0.422. The molecule has 7 nitrogen and oxygen atoms in total. The quantitative estimate of drug-likeness (QED) is 0.885. The summed E-state index contributed by atoms with van der Waals surface area (Å²) in [5, 5.41) is 6.82. The van der Waals surface area contributed by atoms with Crippen molar-refractivity contribution in [1.29, 1.82) is 0 Å². The number of nitrogens with zero attached hydrogens (tertiary/aromatic N) is 4. The van der Waals surface area contributed by atoms with E-state index in [1.54, 1.807) is 0 Å². The molecule has 2 fully saturated rings. The van der Waals surface area contributed by atoms with Gasteiger partial charge in [-0.3, -0.25) is 9.89 Å². The van der Waals surface area contributed by atoms with Crippen molar-refractivity contribution in [2.24, 2.45) is 17.6 Å². The van der Waals surface area contributed by atoms with Crippen LogP contribution in [0.2, 0.25) is 0 Å². The van der Waals surface area contributed by atoms with Gasteiger partial charge in [0.05, 0.1) is 11.3 Å². The molecule has 1 saturated carbocycles. The van der Waals surface area contributed by atoms with Crippen molar-refractivity contribution < 1.29 is 4.79 Å². The van der Waals surface area contributed by atoms with Crippen molar-refractivity contribution in [2.75, 3.05) is 18.0 Å². The molecule has 1 aliphatic heterocycles. The SMILES string of the molecule is Cc1nc(N2CC3CCCC3C2)ncc1Cc1n[nH]cc1C(N)=O. The predicted octanol–water partition coefficient (Wildman–Crippen LogP) is 1.43. The highest BCUT2D eigenvalue weighted by Gasteiger charge is 2.37. The summed E-state index contributed by atoms with van der Waals surface area (Å²) >= 11 is 0. The molecule has 0 spiro atoms. The fourth-order valence-corrected chi connectivity index (χ4v) is 4.05. The fraction of sp³-hybridized carbons (Fsp3) is 0.529. The van der Waals surface area contributed by atoms with Gasteiger partial charge in [0.1, 0.15) is 0 Å². The molecule has 1 saturated heterocycles. The molecule has 0 aromatic carbocycles. The Labute approximate surface area is 140 Å². The minimum Gasteiger partial charge on any atom is -0.365 e. The topological polar surface area (TPSA) is 101 Å². The third-order valence-corrected chi connectivity index (χ3v) is 5.42. The number of aromatic amines is 1. The van der Waals surface area contributed by atoms with E-state index >= 15 is 0 Å². The molecule has 4 rings (SSSR count). The molecule has 1 amide bonds. The standard InChI is InChI=1S/C17H22N6O/c1-10-13(5-15-14(16(18)24)7-20-22-15)6-19-17(21-10)23-8-11-3-2-4-12(11)9-23/h6-7,11-12H,2-5,8-9H2,1H3,(H2,18,24)(H,20,22). The Morgan fingerprint density at radius 3 is 2.79 bits per heavy atom. The van der Waals surface area contributed by atoms with E-state index in [2.05, 4.69) is 20.1 Å². The first-order chi connectivity index (χ1) is 11.6. The third-order valence-electron chi connectivity index (χ3n) is 5.42. The second-order valence-electron chi connectivity index (χ2n) is 6.92. The number of carbonyl (C=O) groups is 1.